The molecule has 1 amide bonds. The first-order valence-electron chi connectivity index (χ1n) is 9.98. The molecule has 2 rings (SSSR count). The predicted octanol–water partition coefficient (Wildman–Crippen LogP) is 1.41. The largest absolute Gasteiger partial charge is 0.462 e. The van der Waals surface area contributed by atoms with Gasteiger partial charge in [0.05, 0.1) is 5.92 Å². The molecule has 0 saturated carbocycles. The molecule has 1 saturated heterocycles. The zero-order chi connectivity index (χ0) is 23.5. The minimum absolute atomic E-state index is 0.176. The third-order valence-corrected chi connectivity index (χ3v) is 4.80. The lowest BCUT2D eigenvalue weighted by Crippen LogP contribution is -2.47. The molecular weight excluding hydrogens is 410 g/mol. The minimum Gasteiger partial charge on any atom is -0.462 e. The molecule has 10 heteroatoms. The molecular formula is C21H29NO9. The lowest BCUT2D eigenvalue weighted by Gasteiger charge is -2.32. The lowest BCUT2D eigenvalue weighted by molar-refractivity contribution is -0.179. The summed E-state index contributed by atoms with van der Waals surface area (Å²) in [6, 6.07) is 0. The number of likely N-dealkylation sites (tertiary alicyclic amines) is 1. The number of hydrogen-bond donors (Lipinski definition) is 0. The molecule has 1 aliphatic carbocycles. The molecule has 4 atom stereocenters. The summed E-state index contributed by atoms with van der Waals surface area (Å²) in [5.74, 6) is -3.64. The van der Waals surface area contributed by atoms with Crippen LogP contribution in [0.15, 0.2) is 11.6 Å². The number of hydrogen-bond acceptors (Lipinski definition) is 9. The number of carbonyl (C=O) groups is 5. The van der Waals surface area contributed by atoms with E-state index < -0.39 is 53.6 Å². The summed E-state index contributed by atoms with van der Waals surface area (Å²) in [6.07, 6.45) is -1.46. The Kier molecular flexibility index (Phi) is 7.45. The van der Waals surface area contributed by atoms with Crippen LogP contribution in [0, 0.1) is 11.8 Å². The summed E-state index contributed by atoms with van der Waals surface area (Å²) in [4.78, 5) is 61.4. The highest BCUT2D eigenvalue weighted by Crippen LogP contribution is 2.40. The van der Waals surface area contributed by atoms with Crippen molar-refractivity contribution in [3.63, 3.8) is 0 Å². The number of esters is 3. The van der Waals surface area contributed by atoms with Crippen LogP contribution in [0.4, 0.5) is 4.79 Å². The van der Waals surface area contributed by atoms with E-state index in [2.05, 4.69) is 0 Å². The number of fused-ring (bicyclic) bond motifs is 1. The van der Waals surface area contributed by atoms with Crippen molar-refractivity contribution in [2.24, 2.45) is 11.8 Å². The van der Waals surface area contributed by atoms with Crippen LogP contribution < -0.4 is 0 Å². The van der Waals surface area contributed by atoms with Gasteiger partial charge in [0.25, 0.3) is 0 Å². The minimum atomic E-state index is -1.19. The van der Waals surface area contributed by atoms with Crippen molar-refractivity contribution in [3.05, 3.63) is 11.6 Å². The van der Waals surface area contributed by atoms with Crippen LogP contribution in [0.1, 0.15) is 41.5 Å². The van der Waals surface area contributed by atoms with Crippen molar-refractivity contribution in [3.8, 4) is 0 Å². The monoisotopic (exact) mass is 439 g/mol. The van der Waals surface area contributed by atoms with Gasteiger partial charge in [0, 0.05) is 39.8 Å². The Balaban J connectivity index is 2.28. The van der Waals surface area contributed by atoms with Crippen LogP contribution in [-0.4, -0.2) is 72.2 Å². The Morgan fingerprint density at radius 1 is 1.06 bits per heavy atom. The molecule has 0 radical (unpaired) electrons. The molecule has 2 aliphatic rings. The number of amides is 1. The Morgan fingerprint density at radius 2 is 1.68 bits per heavy atom. The maximum absolute atomic E-state index is 12.8. The Hall–Kier alpha value is -2.91. The number of ketones is 1. The smallest absolute Gasteiger partial charge is 0.410 e. The summed E-state index contributed by atoms with van der Waals surface area (Å²) >= 11 is 0. The van der Waals surface area contributed by atoms with Gasteiger partial charge in [-0.05, 0) is 32.4 Å². The third kappa shape index (κ3) is 6.53. The molecule has 0 unspecified atom stereocenters. The van der Waals surface area contributed by atoms with Crippen LogP contribution in [0.2, 0.25) is 0 Å². The van der Waals surface area contributed by atoms with E-state index in [1.807, 2.05) is 0 Å². The summed E-state index contributed by atoms with van der Waals surface area (Å²) in [5, 5.41) is 0. The Bertz CT molecular complexity index is 795. The van der Waals surface area contributed by atoms with E-state index in [1.54, 1.807) is 20.8 Å². The number of nitrogens with zero attached hydrogens (tertiary/aromatic N) is 1. The van der Waals surface area contributed by atoms with Gasteiger partial charge < -0.3 is 23.8 Å². The van der Waals surface area contributed by atoms with Crippen molar-refractivity contribution in [2.45, 2.75) is 59.4 Å². The van der Waals surface area contributed by atoms with E-state index in [1.165, 1.54) is 24.8 Å². The zero-order valence-corrected chi connectivity index (χ0v) is 18.6. The van der Waals surface area contributed by atoms with Crippen molar-refractivity contribution in [2.75, 3.05) is 19.7 Å². The highest BCUT2D eigenvalue weighted by atomic mass is 16.6. The van der Waals surface area contributed by atoms with Crippen LogP contribution in [0.25, 0.3) is 0 Å². The molecule has 0 aromatic heterocycles. The first kappa shape index (κ1) is 24.4. The van der Waals surface area contributed by atoms with Gasteiger partial charge in [0.15, 0.2) is 18.0 Å². The number of allylic oxidation sites excluding steroid dienone is 1. The Morgan fingerprint density at radius 3 is 2.19 bits per heavy atom. The summed E-state index contributed by atoms with van der Waals surface area (Å²) in [5.41, 5.74) is 0.0235. The Labute approximate surface area is 180 Å². The number of rotatable bonds is 6. The standard InChI is InChI=1S/C21H29NO9/c1-11(23)28-10-17(29-12(2)24)19(30-13(3)25)18-15-9-22(8-14(15)7-16(18)26)20(27)31-21(4,5)6/h7,15,17-19H,8-10H2,1-6H3/t15-,17+,18+,19+/m0/s1. The first-order chi connectivity index (χ1) is 14.3. The molecule has 0 aromatic carbocycles. The molecule has 1 aliphatic heterocycles. The van der Waals surface area contributed by atoms with Gasteiger partial charge in [0.1, 0.15) is 12.2 Å². The summed E-state index contributed by atoms with van der Waals surface area (Å²) < 4.78 is 21.0. The van der Waals surface area contributed by atoms with Crippen LogP contribution in [0.3, 0.4) is 0 Å². The molecule has 10 nitrogen and oxygen atoms in total. The van der Waals surface area contributed by atoms with Crippen molar-refractivity contribution >= 4 is 29.8 Å². The van der Waals surface area contributed by atoms with E-state index in [0.29, 0.717) is 5.57 Å². The lowest BCUT2D eigenvalue weighted by atomic mass is 9.85. The van der Waals surface area contributed by atoms with E-state index in [4.69, 9.17) is 18.9 Å². The first-order valence-corrected chi connectivity index (χ1v) is 9.98. The van der Waals surface area contributed by atoms with Crippen LogP contribution in [-0.2, 0) is 38.1 Å². The van der Waals surface area contributed by atoms with E-state index in [9.17, 15) is 24.0 Å². The topological polar surface area (TPSA) is 126 Å². The summed E-state index contributed by atoms with van der Waals surface area (Å²) in [6.45, 7) is 8.77. The van der Waals surface area contributed by atoms with E-state index in [-0.39, 0.29) is 25.5 Å². The molecule has 0 N–H and O–H groups in total. The molecule has 0 aromatic rings. The fraction of sp³-hybridized carbons (Fsp3) is 0.667. The van der Waals surface area contributed by atoms with Gasteiger partial charge in [-0.25, -0.2) is 4.79 Å². The molecule has 172 valence electrons. The highest BCUT2D eigenvalue weighted by Gasteiger charge is 2.51. The maximum Gasteiger partial charge on any atom is 0.410 e. The summed E-state index contributed by atoms with van der Waals surface area (Å²) in [7, 11) is 0. The molecule has 1 heterocycles. The highest BCUT2D eigenvalue weighted by molar-refractivity contribution is 5.97. The van der Waals surface area contributed by atoms with Gasteiger partial charge in [-0.3, -0.25) is 19.2 Å². The fourth-order valence-corrected chi connectivity index (χ4v) is 3.77. The predicted molar refractivity (Wildman–Crippen MR) is 106 cm³/mol. The maximum atomic E-state index is 12.8. The second-order valence-corrected chi connectivity index (χ2v) is 8.64. The van der Waals surface area contributed by atoms with E-state index in [0.717, 1.165) is 6.92 Å². The van der Waals surface area contributed by atoms with Crippen LogP contribution >= 0.6 is 0 Å². The average Bonchev–Trinajstić information content (AvgIpc) is 3.11. The van der Waals surface area contributed by atoms with Gasteiger partial charge in [-0.1, -0.05) is 0 Å². The van der Waals surface area contributed by atoms with Gasteiger partial charge in [0.2, 0.25) is 0 Å². The van der Waals surface area contributed by atoms with Gasteiger partial charge in [-0.15, -0.1) is 0 Å². The quantitative estimate of drug-likeness (QED) is 0.446. The second kappa shape index (κ2) is 9.49. The second-order valence-electron chi connectivity index (χ2n) is 8.64. The van der Waals surface area contributed by atoms with Gasteiger partial charge in [-0.2, -0.15) is 0 Å². The molecule has 0 spiro atoms. The molecule has 0 bridgehead atoms. The number of ether oxygens (including phenoxy) is 4. The average molecular weight is 439 g/mol. The molecule has 1 fully saturated rings. The van der Waals surface area contributed by atoms with Gasteiger partial charge >= 0.3 is 24.0 Å². The molecule has 31 heavy (non-hydrogen) atoms. The normalized spacial score (nSPS) is 22.2. The van der Waals surface area contributed by atoms with Crippen LogP contribution in [0.5, 0.6) is 0 Å². The fourth-order valence-electron chi connectivity index (χ4n) is 3.77. The SMILES string of the molecule is CC(=O)OC[C@@H](OC(C)=O)[C@@H](OC(C)=O)[C@H]1C(=O)C=C2CN(C(=O)OC(C)(C)C)C[C@@H]21. The van der Waals surface area contributed by atoms with Crippen molar-refractivity contribution < 1.29 is 42.9 Å². The van der Waals surface area contributed by atoms with E-state index >= 15 is 0 Å². The van der Waals surface area contributed by atoms with Crippen molar-refractivity contribution in [1.29, 1.82) is 0 Å². The number of carbonyl (C=O) groups excluding carboxylic acids is 5. The zero-order valence-electron chi connectivity index (χ0n) is 18.6. The van der Waals surface area contributed by atoms with Crippen molar-refractivity contribution in [1.82, 2.24) is 4.90 Å². The third-order valence-electron chi connectivity index (χ3n) is 4.80.